The molecule has 1 aromatic rings. The van der Waals surface area contributed by atoms with Gasteiger partial charge in [0.15, 0.2) is 0 Å². The summed E-state index contributed by atoms with van der Waals surface area (Å²) in [6.07, 6.45) is 0.877. The van der Waals surface area contributed by atoms with Crippen LogP contribution in [0.4, 0.5) is 4.79 Å². The Labute approximate surface area is 143 Å². The van der Waals surface area contributed by atoms with E-state index < -0.39 is 5.60 Å². The van der Waals surface area contributed by atoms with Gasteiger partial charge in [0.1, 0.15) is 6.61 Å². The summed E-state index contributed by atoms with van der Waals surface area (Å²) < 4.78 is 10.7. The molecule has 3 rings (SSSR count). The van der Waals surface area contributed by atoms with Crippen molar-refractivity contribution in [3.05, 3.63) is 35.9 Å². The molecule has 2 aliphatic rings. The molecule has 0 aliphatic carbocycles. The third kappa shape index (κ3) is 4.69. The van der Waals surface area contributed by atoms with Gasteiger partial charge < -0.3 is 19.5 Å². The second kappa shape index (κ2) is 7.96. The maximum absolute atomic E-state index is 12.2. The SMILES string of the molecule is O=C(OCc1ccccc1)N1CCC(O)(CN2CCOCC2)CC1. The summed E-state index contributed by atoms with van der Waals surface area (Å²) in [7, 11) is 0. The van der Waals surface area contributed by atoms with Crippen molar-refractivity contribution in [1.82, 2.24) is 9.80 Å². The first kappa shape index (κ1) is 17.2. The Bertz CT molecular complexity index is 523. The summed E-state index contributed by atoms with van der Waals surface area (Å²) in [5.74, 6) is 0. The zero-order valence-corrected chi connectivity index (χ0v) is 14.0. The molecule has 1 aromatic carbocycles. The Balaban J connectivity index is 1.43. The zero-order valence-electron chi connectivity index (χ0n) is 14.0. The van der Waals surface area contributed by atoms with Crippen molar-refractivity contribution >= 4 is 6.09 Å². The standard InChI is InChI=1S/C18H26N2O4/c21-17(24-14-16-4-2-1-3-5-16)20-8-6-18(22,7-9-20)15-19-10-12-23-13-11-19/h1-5,22H,6-15H2. The summed E-state index contributed by atoms with van der Waals surface area (Å²) in [4.78, 5) is 16.1. The molecule has 0 unspecified atom stereocenters. The Morgan fingerprint density at radius 1 is 1.12 bits per heavy atom. The van der Waals surface area contributed by atoms with Crippen molar-refractivity contribution < 1.29 is 19.4 Å². The highest BCUT2D eigenvalue weighted by molar-refractivity contribution is 5.67. The van der Waals surface area contributed by atoms with E-state index in [9.17, 15) is 9.90 Å². The van der Waals surface area contributed by atoms with E-state index in [0.717, 1.165) is 31.9 Å². The van der Waals surface area contributed by atoms with Crippen molar-refractivity contribution in [1.29, 1.82) is 0 Å². The molecule has 2 fully saturated rings. The minimum Gasteiger partial charge on any atom is -0.445 e. The smallest absolute Gasteiger partial charge is 0.410 e. The molecule has 132 valence electrons. The highest BCUT2D eigenvalue weighted by Gasteiger charge is 2.36. The average Bonchev–Trinajstić information content (AvgIpc) is 2.62. The fourth-order valence-electron chi connectivity index (χ4n) is 3.25. The van der Waals surface area contributed by atoms with Crippen molar-refractivity contribution in [3.8, 4) is 0 Å². The lowest BCUT2D eigenvalue weighted by Crippen LogP contribution is -2.53. The Kier molecular flexibility index (Phi) is 5.71. The van der Waals surface area contributed by atoms with Crippen molar-refractivity contribution in [2.45, 2.75) is 25.0 Å². The minimum absolute atomic E-state index is 0.286. The molecule has 0 radical (unpaired) electrons. The Morgan fingerprint density at radius 2 is 1.79 bits per heavy atom. The monoisotopic (exact) mass is 334 g/mol. The van der Waals surface area contributed by atoms with Crippen LogP contribution in [-0.2, 0) is 16.1 Å². The van der Waals surface area contributed by atoms with Gasteiger partial charge in [-0.1, -0.05) is 30.3 Å². The summed E-state index contributed by atoms with van der Waals surface area (Å²) in [6, 6.07) is 9.66. The van der Waals surface area contributed by atoms with Gasteiger partial charge in [-0.2, -0.15) is 0 Å². The number of hydrogen-bond donors (Lipinski definition) is 1. The third-order valence-electron chi connectivity index (χ3n) is 4.78. The number of rotatable bonds is 4. The number of piperidine rings is 1. The molecule has 0 spiro atoms. The summed E-state index contributed by atoms with van der Waals surface area (Å²) in [5.41, 5.74) is 0.264. The van der Waals surface area contributed by atoms with Gasteiger partial charge in [0, 0.05) is 32.7 Å². The van der Waals surface area contributed by atoms with Gasteiger partial charge >= 0.3 is 6.09 Å². The first-order chi connectivity index (χ1) is 11.6. The molecular formula is C18H26N2O4. The molecule has 2 saturated heterocycles. The van der Waals surface area contributed by atoms with Crippen LogP contribution in [0.25, 0.3) is 0 Å². The zero-order chi connectivity index (χ0) is 16.8. The van der Waals surface area contributed by atoms with Crippen LogP contribution in [0.3, 0.4) is 0 Å². The van der Waals surface area contributed by atoms with E-state index >= 15 is 0 Å². The average molecular weight is 334 g/mol. The van der Waals surface area contributed by atoms with Crippen LogP contribution in [0.5, 0.6) is 0 Å². The molecule has 0 aromatic heterocycles. The molecule has 0 bridgehead atoms. The van der Waals surface area contributed by atoms with E-state index in [1.165, 1.54) is 0 Å². The van der Waals surface area contributed by atoms with E-state index in [1.54, 1.807) is 4.90 Å². The van der Waals surface area contributed by atoms with Crippen LogP contribution < -0.4 is 0 Å². The maximum Gasteiger partial charge on any atom is 0.410 e. The number of amides is 1. The Hall–Kier alpha value is -1.63. The normalized spacial score (nSPS) is 21.5. The highest BCUT2D eigenvalue weighted by Crippen LogP contribution is 2.24. The fourth-order valence-corrected chi connectivity index (χ4v) is 3.25. The lowest BCUT2D eigenvalue weighted by Gasteiger charge is -2.41. The number of benzene rings is 1. The number of likely N-dealkylation sites (tertiary alicyclic amines) is 1. The molecule has 2 aliphatic heterocycles. The van der Waals surface area contributed by atoms with E-state index in [2.05, 4.69) is 4.90 Å². The van der Waals surface area contributed by atoms with E-state index in [0.29, 0.717) is 32.5 Å². The molecule has 24 heavy (non-hydrogen) atoms. The second-order valence-corrected chi connectivity index (χ2v) is 6.64. The molecule has 2 heterocycles. The lowest BCUT2D eigenvalue weighted by molar-refractivity contribution is -0.0621. The quantitative estimate of drug-likeness (QED) is 0.904. The number of carbonyl (C=O) groups is 1. The summed E-state index contributed by atoms with van der Waals surface area (Å²) in [5, 5.41) is 10.8. The molecule has 6 heteroatoms. The van der Waals surface area contributed by atoms with Crippen molar-refractivity contribution in [2.75, 3.05) is 45.9 Å². The largest absolute Gasteiger partial charge is 0.445 e. The van der Waals surface area contributed by atoms with E-state index in [-0.39, 0.29) is 12.7 Å². The minimum atomic E-state index is -0.715. The fraction of sp³-hybridized carbons (Fsp3) is 0.611. The van der Waals surface area contributed by atoms with E-state index in [4.69, 9.17) is 9.47 Å². The predicted octanol–water partition coefficient (Wildman–Crippen LogP) is 1.48. The summed E-state index contributed by atoms with van der Waals surface area (Å²) >= 11 is 0. The van der Waals surface area contributed by atoms with Gasteiger partial charge in [-0.05, 0) is 18.4 Å². The Morgan fingerprint density at radius 3 is 2.46 bits per heavy atom. The number of hydrogen-bond acceptors (Lipinski definition) is 5. The van der Waals surface area contributed by atoms with Crippen LogP contribution in [-0.4, -0.2) is 72.5 Å². The topological polar surface area (TPSA) is 62.2 Å². The van der Waals surface area contributed by atoms with Crippen LogP contribution in [0.1, 0.15) is 18.4 Å². The molecule has 0 saturated carbocycles. The molecular weight excluding hydrogens is 308 g/mol. The second-order valence-electron chi connectivity index (χ2n) is 6.64. The summed E-state index contributed by atoms with van der Waals surface area (Å²) in [6.45, 7) is 5.21. The third-order valence-corrected chi connectivity index (χ3v) is 4.78. The van der Waals surface area contributed by atoms with Gasteiger partial charge in [-0.25, -0.2) is 4.79 Å². The number of aliphatic hydroxyl groups is 1. The molecule has 1 N–H and O–H groups in total. The van der Waals surface area contributed by atoms with Crippen LogP contribution >= 0.6 is 0 Å². The first-order valence-corrected chi connectivity index (χ1v) is 8.63. The van der Waals surface area contributed by atoms with Gasteiger partial charge in [-0.15, -0.1) is 0 Å². The van der Waals surface area contributed by atoms with Crippen LogP contribution in [0, 0.1) is 0 Å². The first-order valence-electron chi connectivity index (χ1n) is 8.63. The van der Waals surface area contributed by atoms with Crippen molar-refractivity contribution in [2.24, 2.45) is 0 Å². The predicted molar refractivity (Wildman–Crippen MR) is 89.6 cm³/mol. The molecule has 0 atom stereocenters. The number of morpholine rings is 1. The lowest BCUT2D eigenvalue weighted by atomic mass is 9.91. The molecule has 1 amide bonds. The molecule has 6 nitrogen and oxygen atoms in total. The van der Waals surface area contributed by atoms with E-state index in [1.807, 2.05) is 30.3 Å². The van der Waals surface area contributed by atoms with Gasteiger partial charge in [0.05, 0.1) is 18.8 Å². The van der Waals surface area contributed by atoms with Crippen LogP contribution in [0.15, 0.2) is 30.3 Å². The van der Waals surface area contributed by atoms with Gasteiger partial charge in [0.2, 0.25) is 0 Å². The number of ether oxygens (including phenoxy) is 2. The maximum atomic E-state index is 12.2. The van der Waals surface area contributed by atoms with Gasteiger partial charge in [0.25, 0.3) is 0 Å². The van der Waals surface area contributed by atoms with Crippen molar-refractivity contribution in [3.63, 3.8) is 0 Å². The number of β-amino-alcohol motifs (C(OH)–C–C–N with tert-alkyl or cyclic N) is 1. The highest BCUT2D eigenvalue weighted by atomic mass is 16.6. The van der Waals surface area contributed by atoms with Crippen LogP contribution in [0.2, 0.25) is 0 Å². The van der Waals surface area contributed by atoms with Gasteiger partial charge in [-0.3, -0.25) is 4.90 Å². The number of carbonyl (C=O) groups excluding carboxylic acids is 1. The number of nitrogens with zero attached hydrogens (tertiary/aromatic N) is 2.